The van der Waals surface area contributed by atoms with Crippen molar-refractivity contribution in [2.24, 2.45) is 5.92 Å². The second-order valence-corrected chi connectivity index (χ2v) is 9.27. The number of pyridine rings is 1. The van der Waals surface area contributed by atoms with Gasteiger partial charge in [0.2, 0.25) is 0 Å². The van der Waals surface area contributed by atoms with E-state index in [0.29, 0.717) is 24.2 Å². The molecule has 8 heteroatoms. The molecule has 2 aliphatic rings. The summed E-state index contributed by atoms with van der Waals surface area (Å²) >= 11 is 0. The lowest BCUT2D eigenvalue weighted by atomic mass is 9.79. The van der Waals surface area contributed by atoms with Gasteiger partial charge in [-0.1, -0.05) is 32.0 Å². The maximum atomic E-state index is 13.1. The van der Waals surface area contributed by atoms with Crippen molar-refractivity contribution in [3.8, 4) is 0 Å². The molecule has 2 aliphatic heterocycles. The molecule has 0 saturated carbocycles. The number of amides is 4. The normalized spacial score (nSPS) is 21.1. The maximum Gasteiger partial charge on any atom is 0.325 e. The minimum absolute atomic E-state index is 0.0349. The molecule has 4 amide bonds. The Morgan fingerprint density at radius 1 is 1.06 bits per heavy atom. The highest BCUT2D eigenvalue weighted by atomic mass is 16.2. The summed E-state index contributed by atoms with van der Waals surface area (Å²) in [6.07, 6.45) is 1.88. The van der Waals surface area contributed by atoms with Crippen molar-refractivity contribution in [3.63, 3.8) is 0 Å². The number of piperazine rings is 1. The number of nitrogens with zero attached hydrogens (tertiary/aromatic N) is 4. The van der Waals surface area contributed by atoms with E-state index in [1.165, 1.54) is 7.05 Å². The molecule has 2 fully saturated rings. The van der Waals surface area contributed by atoms with Crippen LogP contribution in [-0.4, -0.2) is 65.9 Å². The van der Waals surface area contributed by atoms with Crippen LogP contribution in [-0.2, 0) is 10.3 Å². The van der Waals surface area contributed by atoms with Crippen molar-refractivity contribution in [1.29, 1.82) is 0 Å². The zero-order valence-corrected chi connectivity index (χ0v) is 19.9. The first-order chi connectivity index (χ1) is 15.6. The molecule has 0 radical (unpaired) electrons. The second-order valence-electron chi connectivity index (χ2n) is 9.27. The van der Waals surface area contributed by atoms with Crippen molar-refractivity contribution in [1.82, 2.24) is 20.1 Å². The van der Waals surface area contributed by atoms with Gasteiger partial charge in [0.05, 0.1) is 0 Å². The van der Waals surface area contributed by atoms with Gasteiger partial charge in [0.1, 0.15) is 11.4 Å². The number of aryl methyl sites for hydroxylation is 2. The first-order valence-corrected chi connectivity index (χ1v) is 11.3. The molecular weight excluding hydrogens is 418 g/mol. The predicted octanol–water partition coefficient (Wildman–Crippen LogP) is 2.69. The van der Waals surface area contributed by atoms with Gasteiger partial charge in [0, 0.05) is 45.0 Å². The van der Waals surface area contributed by atoms with Crippen LogP contribution in [0.1, 0.15) is 40.9 Å². The van der Waals surface area contributed by atoms with Crippen molar-refractivity contribution in [2.75, 3.05) is 38.1 Å². The summed E-state index contributed by atoms with van der Waals surface area (Å²) in [5, 5.41) is 2.85. The molecule has 1 atom stereocenters. The number of likely N-dealkylation sites (N-methyl/N-ethyl adjacent to an activating group) is 1. The molecule has 3 heterocycles. The number of nitrogens with one attached hydrogen (secondary N) is 1. The van der Waals surface area contributed by atoms with Crippen LogP contribution in [0.15, 0.2) is 36.5 Å². The molecule has 2 saturated heterocycles. The minimum atomic E-state index is -1.11. The highest BCUT2D eigenvalue weighted by Crippen LogP contribution is 2.35. The number of urea groups is 1. The summed E-state index contributed by atoms with van der Waals surface area (Å²) in [6, 6.07) is 8.77. The molecule has 8 nitrogen and oxygen atoms in total. The smallest absolute Gasteiger partial charge is 0.325 e. The van der Waals surface area contributed by atoms with Gasteiger partial charge >= 0.3 is 6.03 Å². The van der Waals surface area contributed by atoms with E-state index in [0.717, 1.165) is 34.9 Å². The average Bonchev–Trinajstić information content (AvgIpc) is 3.04. The Bertz CT molecular complexity index is 1090. The fourth-order valence-corrected chi connectivity index (χ4v) is 4.80. The van der Waals surface area contributed by atoms with Gasteiger partial charge in [-0.3, -0.25) is 14.5 Å². The number of hydrogen-bond acceptors (Lipinski definition) is 5. The third-order valence-corrected chi connectivity index (χ3v) is 6.76. The van der Waals surface area contributed by atoms with Crippen LogP contribution >= 0.6 is 0 Å². The van der Waals surface area contributed by atoms with Crippen LogP contribution in [0, 0.1) is 19.8 Å². The first-order valence-electron chi connectivity index (χ1n) is 11.3. The zero-order valence-electron chi connectivity index (χ0n) is 19.9. The van der Waals surface area contributed by atoms with E-state index in [9.17, 15) is 14.4 Å². The average molecular weight is 450 g/mol. The van der Waals surface area contributed by atoms with E-state index in [1.54, 1.807) is 24.3 Å². The van der Waals surface area contributed by atoms with Gasteiger partial charge in [-0.05, 0) is 48.6 Å². The summed E-state index contributed by atoms with van der Waals surface area (Å²) in [4.78, 5) is 47.9. The van der Waals surface area contributed by atoms with Crippen LogP contribution < -0.4 is 10.2 Å². The molecule has 1 aromatic carbocycles. The van der Waals surface area contributed by atoms with E-state index in [4.69, 9.17) is 0 Å². The highest BCUT2D eigenvalue weighted by molar-refractivity contribution is 6.07. The van der Waals surface area contributed by atoms with Crippen molar-refractivity contribution in [3.05, 3.63) is 58.8 Å². The lowest BCUT2D eigenvalue weighted by Crippen LogP contribution is -2.49. The summed E-state index contributed by atoms with van der Waals surface area (Å²) in [6.45, 7) is 10.6. The van der Waals surface area contributed by atoms with Crippen LogP contribution in [0.25, 0.3) is 0 Å². The summed E-state index contributed by atoms with van der Waals surface area (Å²) in [5.74, 6) is 0.515. The number of benzene rings is 1. The van der Waals surface area contributed by atoms with Crippen molar-refractivity contribution >= 4 is 23.7 Å². The fourth-order valence-electron chi connectivity index (χ4n) is 4.80. The van der Waals surface area contributed by atoms with E-state index in [2.05, 4.69) is 28.2 Å². The van der Waals surface area contributed by atoms with Crippen LogP contribution in [0.2, 0.25) is 0 Å². The van der Waals surface area contributed by atoms with E-state index >= 15 is 0 Å². The van der Waals surface area contributed by atoms with Gasteiger partial charge in [-0.15, -0.1) is 0 Å². The fraction of sp³-hybridized carbons (Fsp3) is 0.440. The molecular formula is C25H31N5O3. The summed E-state index contributed by atoms with van der Waals surface area (Å²) in [7, 11) is 1.48. The lowest BCUT2D eigenvalue weighted by molar-refractivity contribution is -0.132. The van der Waals surface area contributed by atoms with E-state index in [-0.39, 0.29) is 17.7 Å². The third kappa shape index (κ3) is 3.83. The minimum Gasteiger partial charge on any atom is -0.353 e. The maximum absolute atomic E-state index is 13.1. The molecule has 1 aromatic heterocycles. The van der Waals surface area contributed by atoms with Crippen molar-refractivity contribution in [2.45, 2.75) is 33.2 Å². The Labute approximate surface area is 194 Å². The standard InChI is InChI=1S/C25H31N5O3/c1-16(2)25(23(32)28(5)24(33)27-25)20-8-6-19(7-9-20)22(31)30-12-10-29(11-13-30)21-18(4)14-17(3)15-26-21/h6-9,14-16H,10-13H2,1-5H3,(H,27,33). The molecule has 0 aliphatic carbocycles. The van der Waals surface area contributed by atoms with Gasteiger partial charge in [-0.25, -0.2) is 9.78 Å². The number of rotatable bonds is 4. The number of anilines is 1. The molecule has 174 valence electrons. The Morgan fingerprint density at radius 3 is 2.21 bits per heavy atom. The van der Waals surface area contributed by atoms with E-state index in [1.807, 2.05) is 31.9 Å². The van der Waals surface area contributed by atoms with E-state index < -0.39 is 11.6 Å². The number of carbonyl (C=O) groups excluding carboxylic acids is 3. The number of hydrogen-bond donors (Lipinski definition) is 1. The molecule has 1 N–H and O–H groups in total. The largest absolute Gasteiger partial charge is 0.353 e. The SMILES string of the molecule is Cc1cnc(N2CCN(C(=O)c3ccc(C4(C(C)C)NC(=O)N(C)C4=O)cc3)CC2)c(C)c1. The lowest BCUT2D eigenvalue weighted by Gasteiger charge is -2.36. The highest BCUT2D eigenvalue weighted by Gasteiger charge is 2.53. The van der Waals surface area contributed by atoms with Crippen LogP contribution in [0.4, 0.5) is 10.6 Å². The summed E-state index contributed by atoms with van der Waals surface area (Å²) in [5.41, 5.74) is 2.42. The van der Waals surface area contributed by atoms with Crippen LogP contribution in [0.5, 0.6) is 0 Å². The van der Waals surface area contributed by atoms with Gasteiger partial charge in [-0.2, -0.15) is 0 Å². The van der Waals surface area contributed by atoms with Crippen molar-refractivity contribution < 1.29 is 14.4 Å². The Morgan fingerprint density at radius 2 is 1.70 bits per heavy atom. The predicted molar refractivity (Wildman–Crippen MR) is 126 cm³/mol. The molecule has 33 heavy (non-hydrogen) atoms. The van der Waals surface area contributed by atoms with Gasteiger partial charge < -0.3 is 15.1 Å². The molecule has 0 bridgehead atoms. The third-order valence-electron chi connectivity index (χ3n) is 6.76. The Balaban J connectivity index is 1.47. The molecule has 1 unspecified atom stereocenters. The molecule has 2 aromatic rings. The number of aromatic nitrogens is 1. The van der Waals surface area contributed by atoms with Gasteiger partial charge in [0.25, 0.3) is 11.8 Å². The molecule has 4 rings (SSSR count). The second kappa shape index (κ2) is 8.50. The molecule has 0 spiro atoms. The number of carbonyl (C=O) groups is 3. The Hall–Kier alpha value is -3.42. The summed E-state index contributed by atoms with van der Waals surface area (Å²) < 4.78 is 0. The zero-order chi connectivity index (χ0) is 23.9. The Kier molecular flexibility index (Phi) is 5.86. The topological polar surface area (TPSA) is 85.8 Å². The first kappa shape index (κ1) is 22.8. The monoisotopic (exact) mass is 449 g/mol. The van der Waals surface area contributed by atoms with Gasteiger partial charge in [0.15, 0.2) is 0 Å². The number of imide groups is 1. The van der Waals surface area contributed by atoms with Crippen LogP contribution in [0.3, 0.4) is 0 Å². The quantitative estimate of drug-likeness (QED) is 0.726.